The first-order chi connectivity index (χ1) is 11.7. The van der Waals surface area contributed by atoms with Gasteiger partial charge in [-0.3, -0.25) is 19.6 Å². The second-order valence-corrected chi connectivity index (χ2v) is 6.11. The van der Waals surface area contributed by atoms with Gasteiger partial charge in [0.25, 0.3) is 0 Å². The van der Waals surface area contributed by atoms with E-state index in [0.29, 0.717) is 24.6 Å². The lowest BCUT2D eigenvalue weighted by atomic mass is 10.0. The fourth-order valence-electron chi connectivity index (χ4n) is 2.55. The van der Waals surface area contributed by atoms with Crippen molar-refractivity contribution in [3.05, 3.63) is 23.3 Å². The number of carbonyl (C=O) groups is 2. The third-order valence-electron chi connectivity index (χ3n) is 3.61. The van der Waals surface area contributed by atoms with Gasteiger partial charge in [-0.15, -0.1) is 0 Å². The first-order valence-corrected chi connectivity index (χ1v) is 8.33. The van der Waals surface area contributed by atoms with E-state index in [1.807, 2.05) is 51.5 Å². The zero-order valence-electron chi connectivity index (χ0n) is 16.2. The minimum absolute atomic E-state index is 0.318. The Labute approximate surface area is 149 Å². The Morgan fingerprint density at radius 3 is 2.00 bits per heavy atom. The van der Waals surface area contributed by atoms with Gasteiger partial charge in [-0.05, 0) is 36.1 Å². The normalized spacial score (nSPS) is 10.0. The summed E-state index contributed by atoms with van der Waals surface area (Å²) in [6, 6.07) is 3.26. The molecule has 0 saturated carbocycles. The lowest BCUT2D eigenvalue weighted by Crippen LogP contribution is -2.46. The Morgan fingerprint density at radius 1 is 1.12 bits per heavy atom. The number of amides is 2. The molecule has 0 aliphatic carbocycles. The lowest BCUT2D eigenvalue weighted by molar-refractivity contribution is -0.471. The molecule has 0 spiro atoms. The molecule has 1 aromatic rings. The Hall–Kier alpha value is -2.57. The maximum atomic E-state index is 12.4. The molecule has 0 unspecified atom stereocenters. The molecule has 0 fully saturated rings. The molecule has 1 aromatic carbocycles. The van der Waals surface area contributed by atoms with Crippen LogP contribution in [0.5, 0.6) is 5.75 Å². The molecule has 25 heavy (non-hydrogen) atoms. The molecule has 0 saturated heterocycles. The molecule has 7 heteroatoms. The minimum Gasteiger partial charge on any atom is -0.427 e. The smallest absolute Gasteiger partial charge is 0.384 e. The average molecular weight is 349 g/mol. The molecule has 0 aliphatic heterocycles. The third-order valence-corrected chi connectivity index (χ3v) is 3.61. The van der Waals surface area contributed by atoms with Gasteiger partial charge in [-0.25, -0.2) is 4.79 Å². The molecule has 138 valence electrons. The maximum Gasteiger partial charge on any atom is 0.384 e. The van der Waals surface area contributed by atoms with E-state index in [2.05, 4.69) is 10.6 Å². The highest BCUT2D eigenvalue weighted by Gasteiger charge is 2.19. The molecule has 7 nitrogen and oxygen atoms in total. The first-order valence-electron chi connectivity index (χ1n) is 8.33. The summed E-state index contributed by atoms with van der Waals surface area (Å²) in [5.74, 6) is 0.810. The number of aryl methyl sites for hydroxylation is 2. The van der Waals surface area contributed by atoms with Gasteiger partial charge < -0.3 is 4.74 Å². The maximum absolute atomic E-state index is 12.4. The summed E-state index contributed by atoms with van der Waals surface area (Å²) in [7, 11) is 7.44. The second-order valence-electron chi connectivity index (χ2n) is 6.11. The van der Waals surface area contributed by atoms with Crippen LogP contribution in [0.2, 0.25) is 0 Å². The van der Waals surface area contributed by atoms with E-state index in [4.69, 9.17) is 4.74 Å². The number of nitrogens with one attached hydrogen (secondary N) is 2. The highest BCUT2D eigenvalue weighted by Crippen LogP contribution is 2.28. The molecule has 2 amide bonds. The predicted molar refractivity (Wildman–Crippen MR) is 99.5 cm³/mol. The minimum atomic E-state index is -0.362. The second kappa shape index (κ2) is 9.05. The number of esters is 1. The van der Waals surface area contributed by atoms with Gasteiger partial charge in [-0.1, -0.05) is 13.8 Å². The number of nitrogens with zero attached hydrogens (tertiary/aromatic N) is 2. The molecule has 0 heterocycles. The van der Waals surface area contributed by atoms with E-state index in [9.17, 15) is 9.59 Å². The van der Waals surface area contributed by atoms with E-state index >= 15 is 0 Å². The van der Waals surface area contributed by atoms with E-state index < -0.39 is 0 Å². The number of urea groups is 1. The van der Waals surface area contributed by atoms with Crippen LogP contribution in [0.4, 0.5) is 10.5 Å². The number of anilines is 1. The standard InChI is InChI=1S/C18H28N4O3/c1-8-13-10-15(25-12(3)23)11-14(9-2)16(13)19-17(24)20-18(21(4)5)22(6)7/h10-11H,8-9H2,1-7H3,(H,19,24)/p+1. The summed E-state index contributed by atoms with van der Waals surface area (Å²) >= 11 is 0. The highest BCUT2D eigenvalue weighted by atomic mass is 16.5. The van der Waals surface area contributed by atoms with Crippen LogP contribution in [0.1, 0.15) is 31.9 Å². The van der Waals surface area contributed by atoms with Crippen molar-refractivity contribution in [2.45, 2.75) is 33.6 Å². The summed E-state index contributed by atoms with van der Waals surface area (Å²) < 4.78 is 7.03. The Morgan fingerprint density at radius 2 is 1.64 bits per heavy atom. The topological polar surface area (TPSA) is 73.7 Å². The van der Waals surface area contributed by atoms with Crippen molar-refractivity contribution in [1.82, 2.24) is 10.2 Å². The predicted octanol–water partition coefficient (Wildman–Crippen LogP) is 2.05. The van der Waals surface area contributed by atoms with Crippen LogP contribution in [0.15, 0.2) is 12.1 Å². The summed E-state index contributed by atoms with van der Waals surface area (Å²) in [5, 5.41) is 5.78. The molecular formula is C18H29N4O3+. The zero-order chi connectivity index (χ0) is 19.1. The van der Waals surface area contributed by atoms with E-state index in [-0.39, 0.29) is 12.0 Å². The summed E-state index contributed by atoms with van der Waals surface area (Å²) in [6.07, 6.45) is 1.41. The number of ether oxygens (including phenoxy) is 1. The van der Waals surface area contributed by atoms with Gasteiger partial charge in [0.15, 0.2) is 0 Å². The Balaban J connectivity index is 3.13. The van der Waals surface area contributed by atoms with Crippen LogP contribution in [0.25, 0.3) is 0 Å². The van der Waals surface area contributed by atoms with Gasteiger partial charge in [0, 0.05) is 6.92 Å². The summed E-state index contributed by atoms with van der Waals surface area (Å²) in [4.78, 5) is 25.5. The van der Waals surface area contributed by atoms with Crippen LogP contribution >= 0.6 is 0 Å². The molecule has 0 aromatic heterocycles. The first kappa shape index (κ1) is 20.5. The fraction of sp³-hybridized carbons (Fsp3) is 0.500. The largest absolute Gasteiger partial charge is 0.427 e. The number of hydrogen-bond acceptors (Lipinski definition) is 3. The van der Waals surface area contributed by atoms with Crippen molar-refractivity contribution >= 4 is 23.6 Å². The van der Waals surface area contributed by atoms with Crippen LogP contribution < -0.4 is 15.4 Å². The van der Waals surface area contributed by atoms with Gasteiger partial charge in [-0.2, -0.15) is 5.32 Å². The van der Waals surface area contributed by atoms with Gasteiger partial charge in [0.05, 0.1) is 33.9 Å². The average Bonchev–Trinajstić information content (AvgIpc) is 2.52. The third kappa shape index (κ3) is 5.77. The number of benzene rings is 1. The van der Waals surface area contributed by atoms with Gasteiger partial charge >= 0.3 is 18.0 Å². The Kier molecular flexibility index (Phi) is 7.42. The van der Waals surface area contributed by atoms with Gasteiger partial charge in [0.1, 0.15) is 5.75 Å². The highest BCUT2D eigenvalue weighted by molar-refractivity contribution is 6.01. The van der Waals surface area contributed by atoms with Crippen LogP contribution in [0, 0.1) is 0 Å². The molecule has 0 bridgehead atoms. The van der Waals surface area contributed by atoms with Crippen molar-refractivity contribution in [2.75, 3.05) is 33.5 Å². The fourth-order valence-corrected chi connectivity index (χ4v) is 2.55. The van der Waals surface area contributed by atoms with Crippen LogP contribution in [-0.2, 0) is 17.6 Å². The number of hydrogen-bond donors (Lipinski definition) is 2. The molecule has 0 radical (unpaired) electrons. The molecular weight excluding hydrogens is 320 g/mol. The quantitative estimate of drug-likeness (QED) is 0.287. The Bertz CT molecular complexity index is 652. The van der Waals surface area contributed by atoms with Crippen molar-refractivity contribution in [1.29, 1.82) is 0 Å². The monoisotopic (exact) mass is 349 g/mol. The summed E-state index contributed by atoms with van der Waals surface area (Å²) in [6.45, 7) is 5.36. The molecule has 0 aliphatic rings. The number of rotatable bonds is 4. The van der Waals surface area contributed by atoms with Crippen LogP contribution in [-0.4, -0.2) is 55.6 Å². The molecule has 0 atom stereocenters. The van der Waals surface area contributed by atoms with Crippen LogP contribution in [0.3, 0.4) is 0 Å². The van der Waals surface area contributed by atoms with E-state index in [1.165, 1.54) is 6.92 Å². The van der Waals surface area contributed by atoms with Crippen molar-refractivity contribution in [3.63, 3.8) is 0 Å². The van der Waals surface area contributed by atoms with E-state index in [1.54, 1.807) is 12.1 Å². The lowest BCUT2D eigenvalue weighted by Gasteiger charge is -2.17. The molecule has 2 N–H and O–H groups in total. The van der Waals surface area contributed by atoms with Crippen molar-refractivity contribution in [3.8, 4) is 5.75 Å². The number of guanidine groups is 1. The van der Waals surface area contributed by atoms with E-state index in [0.717, 1.165) is 16.8 Å². The van der Waals surface area contributed by atoms with Crippen molar-refractivity contribution in [2.24, 2.45) is 0 Å². The number of carbonyl (C=O) groups excluding carboxylic acids is 2. The summed E-state index contributed by atoms with van der Waals surface area (Å²) in [5.41, 5.74) is 2.60. The SMILES string of the molecule is CCc1cc(OC(C)=O)cc(CC)c1NC(=O)NC(N(C)C)=[N+](C)C. The van der Waals surface area contributed by atoms with Crippen molar-refractivity contribution < 1.29 is 18.9 Å². The van der Waals surface area contributed by atoms with Gasteiger partial charge in [0.2, 0.25) is 0 Å². The molecule has 1 rings (SSSR count). The zero-order valence-corrected chi connectivity index (χ0v) is 16.2.